The van der Waals surface area contributed by atoms with Crippen molar-refractivity contribution in [3.05, 3.63) is 48.5 Å². The monoisotopic (exact) mass is 226 g/mol. The Bertz CT molecular complexity index is 440. The van der Waals surface area contributed by atoms with Gasteiger partial charge in [-0.15, -0.1) is 12.4 Å². The third kappa shape index (κ3) is 2.30. The fourth-order valence-corrected chi connectivity index (χ4v) is 1.36. The van der Waals surface area contributed by atoms with E-state index in [-0.39, 0.29) is 18.2 Å². The molecule has 2 rings (SSSR count). The number of para-hydroxylation sites is 1. The summed E-state index contributed by atoms with van der Waals surface area (Å²) >= 11 is 0. The molecule has 4 heteroatoms. The lowest BCUT2D eigenvalue weighted by Crippen LogP contribution is -1.93. The van der Waals surface area contributed by atoms with Gasteiger partial charge in [0.2, 0.25) is 0 Å². The van der Waals surface area contributed by atoms with Crippen LogP contribution < -0.4 is 5.32 Å². The van der Waals surface area contributed by atoms with E-state index in [1.165, 1.54) is 6.07 Å². The number of hydrogen-bond acceptors (Lipinski definition) is 1. The van der Waals surface area contributed by atoms with Crippen LogP contribution in [0.25, 0.3) is 5.69 Å². The number of rotatable bonds is 2. The van der Waals surface area contributed by atoms with Crippen molar-refractivity contribution in [1.29, 1.82) is 0 Å². The summed E-state index contributed by atoms with van der Waals surface area (Å²) < 4.78 is 15.1. The van der Waals surface area contributed by atoms with Gasteiger partial charge in [0.05, 0.1) is 11.4 Å². The molecule has 0 atom stereocenters. The van der Waals surface area contributed by atoms with Crippen LogP contribution in [0, 0.1) is 5.82 Å². The van der Waals surface area contributed by atoms with Crippen LogP contribution in [0.2, 0.25) is 0 Å². The maximum atomic E-state index is 13.3. The zero-order chi connectivity index (χ0) is 9.97. The number of nitrogens with one attached hydrogen (secondary N) is 1. The van der Waals surface area contributed by atoms with Crippen LogP contribution >= 0.6 is 12.4 Å². The molecule has 0 aliphatic carbocycles. The highest BCUT2D eigenvalue weighted by Crippen LogP contribution is 2.16. The second-order valence-corrected chi connectivity index (χ2v) is 3.01. The number of halogens is 2. The summed E-state index contributed by atoms with van der Waals surface area (Å²) in [7, 11) is 1.83. The summed E-state index contributed by atoms with van der Waals surface area (Å²) in [5.41, 5.74) is 1.53. The SMILES string of the molecule is CNc1ccn(-c2ccccc2F)c1.Cl. The Kier molecular flexibility index (Phi) is 3.74. The smallest absolute Gasteiger partial charge is 0.147 e. The van der Waals surface area contributed by atoms with E-state index in [4.69, 9.17) is 0 Å². The fourth-order valence-electron chi connectivity index (χ4n) is 1.36. The van der Waals surface area contributed by atoms with Crippen LogP contribution in [0.15, 0.2) is 42.7 Å². The van der Waals surface area contributed by atoms with Gasteiger partial charge in [0.25, 0.3) is 0 Å². The number of anilines is 1. The number of nitrogens with zero attached hydrogens (tertiary/aromatic N) is 1. The van der Waals surface area contributed by atoms with Gasteiger partial charge in [0.15, 0.2) is 0 Å². The minimum Gasteiger partial charge on any atom is -0.387 e. The molecule has 80 valence electrons. The van der Waals surface area contributed by atoms with Crippen molar-refractivity contribution in [3.8, 4) is 5.69 Å². The second-order valence-electron chi connectivity index (χ2n) is 3.01. The summed E-state index contributed by atoms with van der Waals surface area (Å²) in [6.07, 6.45) is 3.67. The molecule has 0 spiro atoms. The molecule has 0 saturated carbocycles. The molecule has 0 radical (unpaired) electrons. The molecule has 0 amide bonds. The van der Waals surface area contributed by atoms with E-state index in [9.17, 15) is 4.39 Å². The van der Waals surface area contributed by atoms with Crippen molar-refractivity contribution in [2.75, 3.05) is 12.4 Å². The van der Waals surface area contributed by atoms with Crippen LogP contribution in [-0.4, -0.2) is 11.6 Å². The number of aromatic nitrogens is 1. The van der Waals surface area contributed by atoms with Crippen molar-refractivity contribution in [2.24, 2.45) is 0 Å². The van der Waals surface area contributed by atoms with Gasteiger partial charge < -0.3 is 9.88 Å². The van der Waals surface area contributed by atoms with Gasteiger partial charge in [-0.2, -0.15) is 0 Å². The second kappa shape index (κ2) is 4.84. The van der Waals surface area contributed by atoms with E-state index in [1.807, 2.05) is 31.6 Å². The van der Waals surface area contributed by atoms with Gasteiger partial charge >= 0.3 is 0 Å². The topological polar surface area (TPSA) is 17.0 Å². The van der Waals surface area contributed by atoms with E-state index in [1.54, 1.807) is 16.7 Å². The average molecular weight is 227 g/mol. The van der Waals surface area contributed by atoms with Crippen molar-refractivity contribution in [2.45, 2.75) is 0 Å². The molecular weight excluding hydrogens is 215 g/mol. The Morgan fingerprint density at radius 1 is 1.20 bits per heavy atom. The van der Waals surface area contributed by atoms with Gasteiger partial charge in [-0.3, -0.25) is 0 Å². The average Bonchev–Trinajstić information content (AvgIpc) is 2.67. The first-order valence-corrected chi connectivity index (χ1v) is 4.42. The molecule has 15 heavy (non-hydrogen) atoms. The summed E-state index contributed by atoms with van der Waals surface area (Å²) in [6.45, 7) is 0. The van der Waals surface area contributed by atoms with Crippen molar-refractivity contribution >= 4 is 18.1 Å². The highest BCUT2D eigenvalue weighted by atomic mass is 35.5. The molecule has 0 unspecified atom stereocenters. The van der Waals surface area contributed by atoms with E-state index in [0.717, 1.165) is 5.69 Å². The lowest BCUT2D eigenvalue weighted by atomic mass is 10.3. The first-order chi connectivity index (χ1) is 6.81. The van der Waals surface area contributed by atoms with Crippen LogP contribution in [0.4, 0.5) is 10.1 Å². The Morgan fingerprint density at radius 3 is 2.53 bits per heavy atom. The number of benzene rings is 1. The molecule has 1 aromatic heterocycles. The molecule has 1 heterocycles. The van der Waals surface area contributed by atoms with E-state index < -0.39 is 0 Å². The van der Waals surface area contributed by atoms with Crippen molar-refractivity contribution < 1.29 is 4.39 Å². The first-order valence-electron chi connectivity index (χ1n) is 4.42. The van der Waals surface area contributed by atoms with Crippen molar-refractivity contribution in [1.82, 2.24) is 4.57 Å². The third-order valence-electron chi connectivity index (χ3n) is 2.11. The molecule has 1 N–H and O–H groups in total. The highest BCUT2D eigenvalue weighted by molar-refractivity contribution is 5.85. The quantitative estimate of drug-likeness (QED) is 0.833. The first kappa shape index (κ1) is 11.6. The summed E-state index contributed by atoms with van der Waals surface area (Å²) in [4.78, 5) is 0. The maximum Gasteiger partial charge on any atom is 0.147 e. The van der Waals surface area contributed by atoms with Crippen LogP contribution in [0.3, 0.4) is 0 Å². The van der Waals surface area contributed by atoms with E-state index in [0.29, 0.717) is 5.69 Å². The summed E-state index contributed by atoms with van der Waals surface area (Å²) in [6, 6.07) is 8.59. The molecule has 0 bridgehead atoms. The minimum absolute atomic E-state index is 0. The summed E-state index contributed by atoms with van der Waals surface area (Å²) in [5.74, 6) is -0.217. The molecule has 1 aromatic carbocycles. The molecule has 2 aromatic rings. The Morgan fingerprint density at radius 2 is 1.93 bits per heavy atom. The predicted molar refractivity (Wildman–Crippen MR) is 62.5 cm³/mol. The Balaban J connectivity index is 0.00000112. The standard InChI is InChI=1S/C11H11FN2.ClH/c1-13-9-6-7-14(8-9)11-5-3-2-4-10(11)12;/h2-8,13H,1H3;1H. The van der Waals surface area contributed by atoms with E-state index in [2.05, 4.69) is 5.32 Å². The number of hydrogen-bond donors (Lipinski definition) is 1. The molecule has 2 nitrogen and oxygen atoms in total. The molecule has 0 aliphatic heterocycles. The van der Waals surface area contributed by atoms with Gasteiger partial charge in [0.1, 0.15) is 5.82 Å². The van der Waals surface area contributed by atoms with Gasteiger partial charge in [-0.1, -0.05) is 12.1 Å². The molecule has 0 saturated heterocycles. The highest BCUT2D eigenvalue weighted by Gasteiger charge is 2.02. The largest absolute Gasteiger partial charge is 0.387 e. The Labute approximate surface area is 94.1 Å². The lowest BCUT2D eigenvalue weighted by Gasteiger charge is -2.03. The van der Waals surface area contributed by atoms with E-state index >= 15 is 0 Å². The zero-order valence-electron chi connectivity index (χ0n) is 8.27. The van der Waals surface area contributed by atoms with Crippen molar-refractivity contribution in [3.63, 3.8) is 0 Å². The maximum absolute atomic E-state index is 13.3. The Hall–Kier alpha value is -1.48. The van der Waals surface area contributed by atoms with Gasteiger partial charge in [0, 0.05) is 19.4 Å². The molecule has 0 fully saturated rings. The van der Waals surface area contributed by atoms with Crippen LogP contribution in [-0.2, 0) is 0 Å². The van der Waals surface area contributed by atoms with Crippen LogP contribution in [0.1, 0.15) is 0 Å². The van der Waals surface area contributed by atoms with Gasteiger partial charge in [-0.05, 0) is 18.2 Å². The third-order valence-corrected chi connectivity index (χ3v) is 2.11. The van der Waals surface area contributed by atoms with Crippen LogP contribution in [0.5, 0.6) is 0 Å². The normalized spacial score (nSPS) is 9.47. The molecular formula is C11H12ClFN2. The predicted octanol–water partition coefficient (Wildman–Crippen LogP) is 3.08. The lowest BCUT2D eigenvalue weighted by molar-refractivity contribution is 0.618. The molecule has 0 aliphatic rings. The summed E-state index contributed by atoms with van der Waals surface area (Å²) in [5, 5.41) is 2.99. The minimum atomic E-state index is -0.217. The zero-order valence-corrected chi connectivity index (χ0v) is 9.09. The fraction of sp³-hybridized carbons (Fsp3) is 0.0909. The van der Waals surface area contributed by atoms with Gasteiger partial charge in [-0.25, -0.2) is 4.39 Å².